The van der Waals surface area contributed by atoms with Crippen molar-refractivity contribution in [3.63, 3.8) is 0 Å². The van der Waals surface area contributed by atoms with Gasteiger partial charge in [0.15, 0.2) is 28.8 Å². The first-order valence-electron chi connectivity index (χ1n) is 14.3. The fourth-order valence-electron chi connectivity index (χ4n) is 6.09. The van der Waals surface area contributed by atoms with Crippen LogP contribution in [0.25, 0.3) is 11.1 Å². The van der Waals surface area contributed by atoms with Gasteiger partial charge in [0.2, 0.25) is 5.95 Å². The van der Waals surface area contributed by atoms with Crippen molar-refractivity contribution in [2.24, 2.45) is 0 Å². The zero-order valence-corrected chi connectivity index (χ0v) is 25.8. The predicted octanol–water partition coefficient (Wildman–Crippen LogP) is 6.55. The van der Waals surface area contributed by atoms with E-state index >= 15 is 0 Å². The highest BCUT2D eigenvalue weighted by atomic mass is 19.4. The number of carbonyl (C=O) groups excluding carboxylic acids is 1. The van der Waals surface area contributed by atoms with E-state index in [1.165, 1.54) is 20.0 Å². The number of benzene rings is 1. The summed E-state index contributed by atoms with van der Waals surface area (Å²) in [6.07, 6.45) is -0.565. The van der Waals surface area contributed by atoms with Crippen molar-refractivity contribution in [1.29, 1.82) is 0 Å². The maximum atomic E-state index is 14.9. The van der Waals surface area contributed by atoms with Crippen molar-refractivity contribution in [2.75, 3.05) is 29.1 Å². The summed E-state index contributed by atoms with van der Waals surface area (Å²) in [5.74, 6) is -1.34. The lowest BCUT2D eigenvalue weighted by Crippen LogP contribution is -2.61. The molecule has 9 nitrogen and oxygen atoms in total. The van der Waals surface area contributed by atoms with Crippen LogP contribution in [0, 0.1) is 5.82 Å². The first-order chi connectivity index (χ1) is 20.4. The molecule has 1 amide bonds. The van der Waals surface area contributed by atoms with Gasteiger partial charge in [-0.3, -0.25) is 14.6 Å². The SMILES string of the molecule is CN1C(C)(C)CC(Nc2nc(Nc3ccccc3-c3cnc4c(c3)OC(C)(C)C(=O)N4CC(F)(F)F)ncc2F)CC1(C)C. The third kappa shape index (κ3) is 6.28. The van der Waals surface area contributed by atoms with Gasteiger partial charge in [0, 0.05) is 40.1 Å². The molecule has 2 N–H and O–H groups in total. The van der Waals surface area contributed by atoms with Crippen LogP contribution in [-0.2, 0) is 4.79 Å². The van der Waals surface area contributed by atoms with E-state index in [0.717, 1.165) is 19.0 Å². The lowest BCUT2D eigenvalue weighted by molar-refractivity contribution is -0.142. The van der Waals surface area contributed by atoms with Crippen molar-refractivity contribution in [1.82, 2.24) is 19.9 Å². The van der Waals surface area contributed by atoms with Crippen LogP contribution in [0.5, 0.6) is 5.75 Å². The van der Waals surface area contributed by atoms with Gasteiger partial charge in [0.05, 0.1) is 6.20 Å². The number of alkyl halides is 3. The normalized spacial score (nSPS) is 19.7. The van der Waals surface area contributed by atoms with E-state index < -0.39 is 30.0 Å². The fraction of sp³-hybridized carbons (Fsp3) is 0.484. The summed E-state index contributed by atoms with van der Waals surface area (Å²) >= 11 is 0. The Morgan fingerprint density at radius 2 is 1.68 bits per heavy atom. The van der Waals surface area contributed by atoms with Gasteiger partial charge in [-0.15, -0.1) is 0 Å². The minimum atomic E-state index is -4.63. The number of ether oxygens (including phenoxy) is 1. The van der Waals surface area contributed by atoms with Crippen molar-refractivity contribution in [3.05, 3.63) is 48.5 Å². The summed E-state index contributed by atoms with van der Waals surface area (Å²) in [4.78, 5) is 28.5. The highest BCUT2D eigenvalue weighted by Gasteiger charge is 2.46. The average Bonchev–Trinajstić information content (AvgIpc) is 2.91. The van der Waals surface area contributed by atoms with Gasteiger partial charge in [0.1, 0.15) is 6.54 Å². The van der Waals surface area contributed by atoms with E-state index in [-0.39, 0.29) is 40.5 Å². The molecule has 1 fully saturated rings. The van der Waals surface area contributed by atoms with Gasteiger partial charge < -0.3 is 15.4 Å². The molecule has 0 saturated carbocycles. The number of fused-ring (bicyclic) bond motifs is 1. The summed E-state index contributed by atoms with van der Waals surface area (Å²) < 4.78 is 60.7. The third-order valence-corrected chi connectivity index (χ3v) is 8.43. The standard InChI is InChI=1S/C31H37F4N7O2/c1-28(2)13-19(14-29(3,4)41(28)7)38-24-21(32)16-37-27(40-24)39-22-11-9-8-10-20(22)18-12-23-25(36-15-18)42(17-31(33,34)35)26(43)30(5,6)44-23/h8-12,15-16,19H,13-14,17H2,1-7H3,(H2,37,38,39,40). The Labute approximate surface area is 254 Å². The largest absolute Gasteiger partial charge is 0.474 e. The number of rotatable bonds is 6. The number of nitrogens with one attached hydrogen (secondary N) is 2. The number of nitrogens with zero attached hydrogens (tertiary/aromatic N) is 5. The molecule has 4 heterocycles. The van der Waals surface area contributed by atoms with Crippen molar-refractivity contribution < 1.29 is 27.1 Å². The van der Waals surface area contributed by atoms with E-state index in [9.17, 15) is 22.4 Å². The topological polar surface area (TPSA) is 95.5 Å². The average molecular weight is 616 g/mol. The minimum Gasteiger partial charge on any atom is -0.474 e. The van der Waals surface area contributed by atoms with Gasteiger partial charge in [-0.2, -0.15) is 18.2 Å². The predicted molar refractivity (Wildman–Crippen MR) is 161 cm³/mol. The summed E-state index contributed by atoms with van der Waals surface area (Å²) in [5.41, 5.74) is -0.0691. The molecule has 2 aliphatic heterocycles. The molecule has 2 aliphatic rings. The summed E-state index contributed by atoms with van der Waals surface area (Å²) in [5, 5.41) is 6.43. The number of hydrogen-bond donors (Lipinski definition) is 2. The van der Waals surface area contributed by atoms with Crippen molar-refractivity contribution in [2.45, 2.75) is 83.3 Å². The molecule has 0 unspecified atom stereocenters. The minimum absolute atomic E-state index is 0.0182. The van der Waals surface area contributed by atoms with Gasteiger partial charge >= 0.3 is 6.18 Å². The van der Waals surface area contributed by atoms with Gasteiger partial charge in [-0.05, 0) is 73.6 Å². The van der Waals surface area contributed by atoms with Gasteiger partial charge in [-0.25, -0.2) is 14.4 Å². The molecule has 0 atom stereocenters. The van der Waals surface area contributed by atoms with Crippen LogP contribution in [0.2, 0.25) is 0 Å². The second-order valence-electron chi connectivity index (χ2n) is 13.2. The molecule has 1 aromatic carbocycles. The molecule has 13 heteroatoms. The van der Waals surface area contributed by atoms with E-state index in [1.807, 2.05) is 0 Å². The number of likely N-dealkylation sites (tertiary alicyclic amines) is 1. The maximum Gasteiger partial charge on any atom is 0.406 e. The number of anilines is 4. The van der Waals surface area contributed by atoms with Crippen LogP contribution in [0.1, 0.15) is 54.4 Å². The number of piperidine rings is 1. The molecule has 5 rings (SSSR count). The summed E-state index contributed by atoms with van der Waals surface area (Å²) in [6.45, 7) is 9.99. The smallest absolute Gasteiger partial charge is 0.406 e. The second-order valence-corrected chi connectivity index (χ2v) is 13.2. The van der Waals surface area contributed by atoms with Crippen LogP contribution < -0.4 is 20.3 Å². The summed E-state index contributed by atoms with van der Waals surface area (Å²) in [6, 6.07) is 8.64. The number of para-hydroxylation sites is 1. The lowest BCUT2D eigenvalue weighted by Gasteiger charge is -2.53. The number of aromatic nitrogens is 3. The molecule has 1 saturated heterocycles. The molecule has 0 bridgehead atoms. The second kappa shape index (κ2) is 10.9. The molecule has 44 heavy (non-hydrogen) atoms. The lowest BCUT2D eigenvalue weighted by atomic mass is 9.77. The third-order valence-electron chi connectivity index (χ3n) is 8.43. The van der Waals surface area contributed by atoms with E-state index in [2.05, 4.69) is 65.2 Å². The molecule has 2 aromatic heterocycles. The Bertz CT molecular complexity index is 1560. The fourth-order valence-corrected chi connectivity index (χ4v) is 6.09. The Morgan fingerprint density at radius 1 is 1.02 bits per heavy atom. The maximum absolute atomic E-state index is 14.9. The Morgan fingerprint density at radius 3 is 2.34 bits per heavy atom. The molecule has 236 valence electrons. The number of carbonyl (C=O) groups is 1. The molecular formula is C31H37F4N7O2. The first kappa shape index (κ1) is 31.4. The highest BCUT2D eigenvalue weighted by molar-refractivity contribution is 6.02. The van der Waals surface area contributed by atoms with E-state index in [1.54, 1.807) is 30.3 Å². The Kier molecular flexibility index (Phi) is 7.76. The zero-order chi connectivity index (χ0) is 32.2. The van der Waals surface area contributed by atoms with Crippen LogP contribution in [0.15, 0.2) is 42.7 Å². The molecule has 0 spiro atoms. The first-order valence-corrected chi connectivity index (χ1v) is 14.3. The van der Waals surface area contributed by atoms with Crippen molar-refractivity contribution >= 4 is 29.2 Å². The van der Waals surface area contributed by atoms with E-state index in [0.29, 0.717) is 21.7 Å². The quantitative estimate of drug-likeness (QED) is 0.302. The summed E-state index contributed by atoms with van der Waals surface area (Å²) in [7, 11) is 2.10. The molecule has 0 aliphatic carbocycles. The highest BCUT2D eigenvalue weighted by Crippen LogP contribution is 2.42. The van der Waals surface area contributed by atoms with Gasteiger partial charge in [-0.1, -0.05) is 18.2 Å². The van der Waals surface area contributed by atoms with Crippen LogP contribution >= 0.6 is 0 Å². The Hall–Kier alpha value is -4.00. The number of amides is 1. The zero-order valence-electron chi connectivity index (χ0n) is 25.8. The molecular weight excluding hydrogens is 578 g/mol. The molecule has 3 aromatic rings. The Balaban J connectivity index is 1.43. The monoisotopic (exact) mass is 615 g/mol. The van der Waals surface area contributed by atoms with Crippen LogP contribution in [0.3, 0.4) is 0 Å². The number of halogens is 4. The van der Waals surface area contributed by atoms with Crippen LogP contribution in [-0.4, -0.2) is 68.2 Å². The van der Waals surface area contributed by atoms with Crippen molar-refractivity contribution in [3.8, 4) is 16.9 Å². The van der Waals surface area contributed by atoms with E-state index in [4.69, 9.17) is 4.74 Å². The number of pyridine rings is 1. The van der Waals surface area contributed by atoms with Crippen LogP contribution in [0.4, 0.5) is 40.8 Å². The van der Waals surface area contributed by atoms with Gasteiger partial charge in [0.25, 0.3) is 5.91 Å². The number of hydrogen-bond acceptors (Lipinski definition) is 8. The molecule has 0 radical (unpaired) electrons.